The van der Waals surface area contributed by atoms with Crippen molar-refractivity contribution in [2.24, 2.45) is 0 Å². The first-order valence-corrected chi connectivity index (χ1v) is 6.39. The lowest BCUT2D eigenvalue weighted by atomic mass is 9.71. The van der Waals surface area contributed by atoms with E-state index in [1.165, 1.54) is 18.2 Å². The lowest BCUT2D eigenvalue weighted by Gasteiger charge is -2.38. The van der Waals surface area contributed by atoms with E-state index in [2.05, 4.69) is 0 Å². The first-order chi connectivity index (χ1) is 9.26. The Balaban J connectivity index is 1.96. The fourth-order valence-electron chi connectivity index (χ4n) is 2.89. The van der Waals surface area contributed by atoms with Crippen LogP contribution in [0.25, 0.3) is 0 Å². The smallest absolute Gasteiger partial charge is 0.419 e. The number of ether oxygens (including phenoxy) is 2. The zero-order valence-corrected chi connectivity index (χ0v) is 10.9. The first-order valence-electron chi connectivity index (χ1n) is 6.39. The van der Waals surface area contributed by atoms with Crippen molar-refractivity contribution in [1.29, 1.82) is 0 Å². The first kappa shape index (κ1) is 13.7. The van der Waals surface area contributed by atoms with Crippen LogP contribution in [0.4, 0.5) is 17.6 Å². The molecule has 2 unspecified atom stereocenters. The number of benzene rings is 1. The zero-order chi connectivity index (χ0) is 14.6. The summed E-state index contributed by atoms with van der Waals surface area (Å²) in [7, 11) is 0. The largest absolute Gasteiger partial charge is 0.493 e. The summed E-state index contributed by atoms with van der Waals surface area (Å²) in [6, 6.07) is 3.98. The molecule has 0 amide bonds. The fraction of sp³-hybridized carbons (Fsp3) is 0.571. The number of rotatable bonds is 2. The second-order valence-electron chi connectivity index (χ2n) is 5.76. The highest BCUT2D eigenvalue weighted by Gasteiger charge is 2.67. The average Bonchev–Trinajstić information content (AvgIpc) is 3.10. The number of alkyl halides is 3. The van der Waals surface area contributed by atoms with Gasteiger partial charge in [-0.15, -0.1) is 0 Å². The molecule has 0 bridgehead atoms. The van der Waals surface area contributed by atoms with Crippen LogP contribution < -0.4 is 4.74 Å². The van der Waals surface area contributed by atoms with Gasteiger partial charge < -0.3 is 9.47 Å². The molecular formula is C14H14F4O2. The van der Waals surface area contributed by atoms with E-state index in [-0.39, 0.29) is 13.0 Å². The van der Waals surface area contributed by atoms with E-state index in [9.17, 15) is 17.6 Å². The molecule has 0 N–H and O–H groups in total. The maximum Gasteiger partial charge on any atom is 0.419 e. The summed E-state index contributed by atoms with van der Waals surface area (Å²) < 4.78 is 62.7. The van der Waals surface area contributed by atoms with Gasteiger partial charge in [0.05, 0.1) is 13.2 Å². The van der Waals surface area contributed by atoms with Gasteiger partial charge in [0, 0.05) is 11.0 Å². The lowest BCUT2D eigenvalue weighted by molar-refractivity contribution is -0.189. The molecule has 0 radical (unpaired) electrons. The van der Waals surface area contributed by atoms with E-state index in [0.29, 0.717) is 24.3 Å². The van der Waals surface area contributed by atoms with E-state index in [0.717, 1.165) is 0 Å². The van der Waals surface area contributed by atoms with Crippen LogP contribution in [-0.4, -0.2) is 25.0 Å². The highest BCUT2D eigenvalue weighted by molar-refractivity contribution is 5.42. The predicted molar refractivity (Wildman–Crippen MR) is 63.2 cm³/mol. The molecule has 1 aromatic rings. The number of hydrogen-bond acceptors (Lipinski definition) is 2. The topological polar surface area (TPSA) is 21.8 Å². The second kappa shape index (κ2) is 4.10. The Morgan fingerprint density at radius 3 is 2.60 bits per heavy atom. The molecule has 0 aliphatic carbocycles. The second-order valence-corrected chi connectivity index (χ2v) is 5.76. The molecule has 2 aliphatic heterocycles. The molecule has 20 heavy (non-hydrogen) atoms. The van der Waals surface area contributed by atoms with Crippen molar-refractivity contribution in [3.63, 3.8) is 0 Å². The normalized spacial score (nSPS) is 32.5. The molecule has 2 nitrogen and oxygen atoms in total. The van der Waals surface area contributed by atoms with Crippen molar-refractivity contribution in [3.05, 3.63) is 29.6 Å². The third-order valence-corrected chi connectivity index (χ3v) is 4.19. The highest BCUT2D eigenvalue weighted by atomic mass is 19.4. The van der Waals surface area contributed by atoms with Gasteiger partial charge in [0.1, 0.15) is 11.6 Å². The molecular weight excluding hydrogens is 276 g/mol. The third-order valence-electron chi connectivity index (χ3n) is 4.19. The summed E-state index contributed by atoms with van der Waals surface area (Å²) in [5.74, 6) is -0.0172. The van der Waals surface area contributed by atoms with Gasteiger partial charge in [-0.1, -0.05) is 6.92 Å². The van der Waals surface area contributed by atoms with Crippen molar-refractivity contribution in [2.75, 3.05) is 13.2 Å². The van der Waals surface area contributed by atoms with Crippen LogP contribution in [-0.2, 0) is 10.2 Å². The van der Waals surface area contributed by atoms with E-state index < -0.39 is 23.0 Å². The Hall–Kier alpha value is -1.30. The molecule has 0 saturated carbocycles. The Bertz CT molecular complexity index is 536. The zero-order valence-electron chi connectivity index (χ0n) is 10.9. The number of halogens is 4. The molecule has 1 fully saturated rings. The minimum absolute atomic E-state index is 0.205. The van der Waals surface area contributed by atoms with E-state index in [1.807, 2.05) is 0 Å². The molecule has 2 heterocycles. The van der Waals surface area contributed by atoms with Crippen molar-refractivity contribution in [3.8, 4) is 5.75 Å². The fourth-order valence-corrected chi connectivity index (χ4v) is 2.89. The van der Waals surface area contributed by atoms with Gasteiger partial charge in [-0.05, 0) is 31.0 Å². The van der Waals surface area contributed by atoms with Crippen LogP contribution in [0.5, 0.6) is 5.75 Å². The number of fused-ring (bicyclic) bond motifs is 1. The summed E-state index contributed by atoms with van der Waals surface area (Å²) in [4.78, 5) is 0. The number of hydrogen-bond donors (Lipinski definition) is 0. The Labute approximate surface area is 113 Å². The van der Waals surface area contributed by atoms with Gasteiger partial charge in [-0.25, -0.2) is 4.39 Å². The Kier molecular flexibility index (Phi) is 2.80. The van der Waals surface area contributed by atoms with Gasteiger partial charge >= 0.3 is 6.18 Å². The molecule has 1 aromatic carbocycles. The van der Waals surface area contributed by atoms with Gasteiger partial charge in [0.15, 0.2) is 5.60 Å². The van der Waals surface area contributed by atoms with E-state index >= 15 is 0 Å². The predicted octanol–water partition coefficient (Wildman–Crippen LogP) is 3.59. The van der Waals surface area contributed by atoms with Gasteiger partial charge in [0.25, 0.3) is 0 Å². The Morgan fingerprint density at radius 2 is 2.00 bits per heavy atom. The maximum absolute atomic E-state index is 13.4. The quantitative estimate of drug-likeness (QED) is 0.613. The standard InChI is InChI=1S/C14H14F4O2/c1-12(7-13(8-20-13)14(16,17)18)4-5-19-11-3-2-9(15)6-10(11)12/h2-3,6H,4-5,7-8H2,1H3. The summed E-state index contributed by atoms with van der Waals surface area (Å²) in [6.45, 7) is 1.71. The highest BCUT2D eigenvalue weighted by Crippen LogP contribution is 2.54. The minimum atomic E-state index is -4.40. The SMILES string of the molecule is CC1(CC2(C(F)(F)F)CO2)CCOc2ccc(F)cc21. The van der Waals surface area contributed by atoms with Crippen LogP contribution in [0, 0.1) is 5.82 Å². The summed E-state index contributed by atoms with van der Waals surface area (Å²) in [5.41, 5.74) is -2.40. The Morgan fingerprint density at radius 1 is 1.30 bits per heavy atom. The molecule has 2 atom stereocenters. The molecule has 2 aliphatic rings. The maximum atomic E-state index is 13.4. The van der Waals surface area contributed by atoms with Crippen LogP contribution >= 0.6 is 0 Å². The van der Waals surface area contributed by atoms with Gasteiger partial charge in [0.2, 0.25) is 0 Å². The molecule has 0 aromatic heterocycles. The minimum Gasteiger partial charge on any atom is -0.493 e. The molecule has 3 rings (SSSR count). The van der Waals surface area contributed by atoms with Crippen molar-refractivity contribution < 1.29 is 27.0 Å². The number of epoxide rings is 1. The van der Waals surface area contributed by atoms with Gasteiger partial charge in [-0.3, -0.25) is 0 Å². The third kappa shape index (κ3) is 2.06. The molecule has 1 saturated heterocycles. The van der Waals surface area contributed by atoms with Crippen LogP contribution in [0.2, 0.25) is 0 Å². The molecule has 6 heteroatoms. The van der Waals surface area contributed by atoms with E-state index in [4.69, 9.17) is 9.47 Å². The van der Waals surface area contributed by atoms with Crippen LogP contribution in [0.15, 0.2) is 18.2 Å². The molecule has 110 valence electrons. The van der Waals surface area contributed by atoms with Crippen molar-refractivity contribution in [2.45, 2.75) is 37.0 Å². The monoisotopic (exact) mass is 290 g/mol. The summed E-state index contributed by atoms with van der Waals surface area (Å²) >= 11 is 0. The van der Waals surface area contributed by atoms with Crippen molar-refractivity contribution >= 4 is 0 Å². The van der Waals surface area contributed by atoms with Crippen molar-refractivity contribution in [1.82, 2.24) is 0 Å². The average molecular weight is 290 g/mol. The van der Waals surface area contributed by atoms with E-state index in [1.54, 1.807) is 6.92 Å². The van der Waals surface area contributed by atoms with Gasteiger partial charge in [-0.2, -0.15) is 13.2 Å². The summed E-state index contributed by atoms with van der Waals surface area (Å²) in [6.07, 6.45) is -4.20. The lowest BCUT2D eigenvalue weighted by Crippen LogP contribution is -2.42. The molecule has 0 spiro atoms. The van der Waals surface area contributed by atoms with Crippen LogP contribution in [0.1, 0.15) is 25.3 Å². The van der Waals surface area contributed by atoms with Crippen LogP contribution in [0.3, 0.4) is 0 Å². The summed E-state index contributed by atoms with van der Waals surface area (Å²) in [5, 5.41) is 0.